The molecule has 1 aliphatic rings. The van der Waals surface area contributed by atoms with E-state index in [0.717, 1.165) is 12.1 Å². The molecule has 1 amide bonds. The number of nitrogens with zero attached hydrogens (tertiary/aromatic N) is 1. The van der Waals surface area contributed by atoms with Gasteiger partial charge in [0.05, 0.1) is 18.1 Å². The predicted octanol–water partition coefficient (Wildman–Crippen LogP) is 2.31. The average molecular weight is 426 g/mol. The van der Waals surface area contributed by atoms with Gasteiger partial charge in [0, 0.05) is 24.8 Å². The Kier molecular flexibility index (Phi) is 6.46. The number of benzene rings is 2. The highest BCUT2D eigenvalue weighted by molar-refractivity contribution is 7.89. The summed E-state index contributed by atoms with van der Waals surface area (Å²) in [6.45, 7) is 2.41. The number of sulfonamides is 1. The molecule has 1 heterocycles. The van der Waals surface area contributed by atoms with Gasteiger partial charge < -0.3 is 14.8 Å². The molecule has 1 N–H and O–H groups in total. The molecule has 0 bridgehead atoms. The molecule has 0 aromatic heterocycles. The Hall–Kier alpha value is -2.56. The molecule has 2 aromatic rings. The number of ether oxygens (including phenoxy) is 2. The number of anilines is 1. The summed E-state index contributed by atoms with van der Waals surface area (Å²) < 4.78 is 63.5. The van der Waals surface area contributed by atoms with Crippen molar-refractivity contribution >= 4 is 21.6 Å². The Morgan fingerprint density at radius 2 is 1.86 bits per heavy atom. The maximum atomic E-state index is 13.2. The first kappa shape index (κ1) is 21.2. The van der Waals surface area contributed by atoms with Crippen LogP contribution in [0.3, 0.4) is 0 Å². The summed E-state index contributed by atoms with van der Waals surface area (Å²) in [5.74, 6) is -2.68. The average Bonchev–Trinajstić information content (AvgIpc) is 2.71. The summed E-state index contributed by atoms with van der Waals surface area (Å²) >= 11 is 0. The van der Waals surface area contributed by atoms with Crippen molar-refractivity contribution in [3.05, 3.63) is 53.6 Å². The molecule has 10 heteroatoms. The molecular formula is C19H20F2N2O5S. The fourth-order valence-corrected chi connectivity index (χ4v) is 4.45. The topological polar surface area (TPSA) is 84.9 Å². The van der Waals surface area contributed by atoms with Gasteiger partial charge in [-0.05, 0) is 36.8 Å². The van der Waals surface area contributed by atoms with Crippen LogP contribution in [0.25, 0.3) is 0 Å². The lowest BCUT2D eigenvalue weighted by Gasteiger charge is -2.26. The van der Waals surface area contributed by atoms with E-state index in [9.17, 15) is 22.0 Å². The first-order valence-electron chi connectivity index (χ1n) is 8.83. The van der Waals surface area contributed by atoms with Crippen molar-refractivity contribution in [2.24, 2.45) is 0 Å². The van der Waals surface area contributed by atoms with E-state index in [0.29, 0.717) is 18.8 Å². The third-order valence-electron chi connectivity index (χ3n) is 4.32. The molecule has 3 rings (SSSR count). The van der Waals surface area contributed by atoms with Crippen LogP contribution in [0, 0.1) is 18.6 Å². The van der Waals surface area contributed by atoms with E-state index in [2.05, 4.69) is 5.32 Å². The molecule has 1 fully saturated rings. The maximum absolute atomic E-state index is 13.2. The molecule has 1 aliphatic heterocycles. The molecule has 7 nitrogen and oxygen atoms in total. The van der Waals surface area contributed by atoms with Crippen molar-refractivity contribution in [2.75, 3.05) is 38.2 Å². The normalized spacial score (nSPS) is 15.1. The molecule has 0 saturated carbocycles. The number of hydrogen-bond donors (Lipinski definition) is 1. The van der Waals surface area contributed by atoms with Crippen molar-refractivity contribution in [1.82, 2.24) is 4.31 Å². The van der Waals surface area contributed by atoms with E-state index in [1.54, 1.807) is 19.1 Å². The lowest BCUT2D eigenvalue weighted by molar-refractivity contribution is -0.118. The van der Waals surface area contributed by atoms with Gasteiger partial charge >= 0.3 is 0 Å². The molecule has 1 saturated heterocycles. The second kappa shape index (κ2) is 8.85. The summed E-state index contributed by atoms with van der Waals surface area (Å²) in [5.41, 5.74) is 0.828. The minimum atomic E-state index is -3.72. The van der Waals surface area contributed by atoms with E-state index < -0.39 is 34.2 Å². The van der Waals surface area contributed by atoms with E-state index >= 15 is 0 Å². The zero-order valence-corrected chi connectivity index (χ0v) is 16.5. The molecule has 2 aromatic carbocycles. The second-order valence-electron chi connectivity index (χ2n) is 6.41. The number of carbonyl (C=O) groups excluding carboxylic acids is 1. The number of halogens is 2. The molecule has 29 heavy (non-hydrogen) atoms. The van der Waals surface area contributed by atoms with Gasteiger partial charge in [0.2, 0.25) is 10.0 Å². The number of nitrogens with one attached hydrogen (secondary N) is 1. The van der Waals surface area contributed by atoms with Crippen LogP contribution in [0.5, 0.6) is 5.75 Å². The van der Waals surface area contributed by atoms with Crippen LogP contribution in [0.2, 0.25) is 0 Å². The lowest BCUT2D eigenvalue weighted by atomic mass is 10.2. The highest BCUT2D eigenvalue weighted by Crippen LogP contribution is 2.24. The number of aryl methyl sites for hydroxylation is 1. The zero-order chi connectivity index (χ0) is 21.0. The summed E-state index contributed by atoms with van der Waals surface area (Å²) in [6, 6.07) is 7.48. The van der Waals surface area contributed by atoms with Gasteiger partial charge in [-0.2, -0.15) is 4.31 Å². The van der Waals surface area contributed by atoms with E-state index in [4.69, 9.17) is 9.47 Å². The number of rotatable bonds is 6. The summed E-state index contributed by atoms with van der Waals surface area (Å²) in [4.78, 5) is 12.2. The third-order valence-corrected chi connectivity index (χ3v) is 6.36. The fourth-order valence-electron chi connectivity index (χ4n) is 2.79. The largest absolute Gasteiger partial charge is 0.484 e. The Morgan fingerprint density at radius 1 is 1.14 bits per heavy atom. The Morgan fingerprint density at radius 3 is 2.55 bits per heavy atom. The minimum absolute atomic E-state index is 0.00135. The van der Waals surface area contributed by atoms with Crippen molar-refractivity contribution in [2.45, 2.75) is 11.8 Å². The second-order valence-corrected chi connectivity index (χ2v) is 8.32. The summed E-state index contributed by atoms with van der Waals surface area (Å²) in [5, 5.41) is 2.54. The Balaban J connectivity index is 1.68. The van der Waals surface area contributed by atoms with Crippen LogP contribution in [0.1, 0.15) is 5.56 Å². The molecular weight excluding hydrogens is 406 g/mol. The van der Waals surface area contributed by atoms with Gasteiger partial charge in [0.15, 0.2) is 18.2 Å². The Labute approximate surface area is 167 Å². The van der Waals surface area contributed by atoms with Gasteiger partial charge in [0.25, 0.3) is 5.91 Å². The van der Waals surface area contributed by atoms with Crippen LogP contribution in [0.15, 0.2) is 41.3 Å². The van der Waals surface area contributed by atoms with Gasteiger partial charge in [-0.3, -0.25) is 4.79 Å². The number of carbonyl (C=O) groups is 1. The van der Waals surface area contributed by atoms with Crippen molar-refractivity contribution < 1.29 is 31.5 Å². The molecule has 0 unspecified atom stereocenters. The van der Waals surface area contributed by atoms with Gasteiger partial charge in [-0.25, -0.2) is 17.2 Å². The van der Waals surface area contributed by atoms with Gasteiger partial charge in [-0.1, -0.05) is 6.07 Å². The first-order valence-corrected chi connectivity index (χ1v) is 10.3. The SMILES string of the molecule is Cc1ccc(NC(=O)COc2ccc(F)c(F)c2)cc1S(=O)(=O)N1CCOCC1. The van der Waals surface area contributed by atoms with Crippen LogP contribution in [0.4, 0.5) is 14.5 Å². The molecule has 0 spiro atoms. The van der Waals surface area contributed by atoms with E-state index in [1.807, 2.05) is 0 Å². The molecule has 156 valence electrons. The van der Waals surface area contributed by atoms with Crippen molar-refractivity contribution in [1.29, 1.82) is 0 Å². The quantitative estimate of drug-likeness (QED) is 0.766. The monoisotopic (exact) mass is 426 g/mol. The van der Waals surface area contributed by atoms with E-state index in [1.165, 1.54) is 16.4 Å². The van der Waals surface area contributed by atoms with Crippen LogP contribution in [-0.2, 0) is 19.6 Å². The fraction of sp³-hybridized carbons (Fsp3) is 0.316. The Bertz CT molecular complexity index is 1010. The highest BCUT2D eigenvalue weighted by Gasteiger charge is 2.28. The highest BCUT2D eigenvalue weighted by atomic mass is 32.2. The van der Waals surface area contributed by atoms with E-state index in [-0.39, 0.29) is 29.4 Å². The zero-order valence-electron chi connectivity index (χ0n) is 15.7. The predicted molar refractivity (Wildman–Crippen MR) is 101 cm³/mol. The standard InChI is InChI=1S/C19H20F2N2O5S/c1-13-2-3-14(10-18(13)29(25,26)23-6-8-27-9-7-23)22-19(24)12-28-15-4-5-16(20)17(21)11-15/h2-5,10-11H,6-9,12H2,1H3,(H,22,24). The smallest absolute Gasteiger partial charge is 0.262 e. The van der Waals surface area contributed by atoms with Crippen LogP contribution < -0.4 is 10.1 Å². The molecule has 0 radical (unpaired) electrons. The van der Waals surface area contributed by atoms with Crippen molar-refractivity contribution in [3.8, 4) is 5.75 Å². The lowest BCUT2D eigenvalue weighted by Crippen LogP contribution is -2.40. The molecule has 0 atom stereocenters. The third kappa shape index (κ3) is 5.08. The number of morpholine rings is 1. The number of amides is 1. The minimum Gasteiger partial charge on any atom is -0.484 e. The van der Waals surface area contributed by atoms with Crippen LogP contribution in [-0.4, -0.2) is 51.5 Å². The first-order chi connectivity index (χ1) is 13.8. The van der Waals surface area contributed by atoms with Gasteiger partial charge in [0.1, 0.15) is 5.75 Å². The summed E-state index contributed by atoms with van der Waals surface area (Å²) in [7, 11) is -3.72. The van der Waals surface area contributed by atoms with Crippen LogP contribution >= 0.6 is 0 Å². The molecule has 0 aliphatic carbocycles. The summed E-state index contributed by atoms with van der Waals surface area (Å²) in [6.07, 6.45) is 0. The van der Waals surface area contributed by atoms with Crippen molar-refractivity contribution in [3.63, 3.8) is 0 Å². The number of hydrogen-bond acceptors (Lipinski definition) is 5. The maximum Gasteiger partial charge on any atom is 0.262 e. The van der Waals surface area contributed by atoms with Gasteiger partial charge in [-0.15, -0.1) is 0 Å².